The van der Waals surface area contributed by atoms with Crippen molar-refractivity contribution in [2.45, 2.75) is 6.42 Å². The van der Waals surface area contributed by atoms with Crippen molar-refractivity contribution in [1.29, 1.82) is 0 Å². The zero-order chi connectivity index (χ0) is 17.5. The summed E-state index contributed by atoms with van der Waals surface area (Å²) in [6.07, 6.45) is 2.29. The minimum absolute atomic E-state index is 0.0864. The molecule has 0 aromatic heterocycles. The lowest BCUT2D eigenvalue weighted by molar-refractivity contribution is -0.113. The lowest BCUT2D eigenvalue weighted by Gasteiger charge is -2.10. The Hall–Kier alpha value is -3.13. The van der Waals surface area contributed by atoms with Crippen LogP contribution < -0.4 is 4.74 Å². The van der Waals surface area contributed by atoms with Gasteiger partial charge in [-0.15, -0.1) is 0 Å². The minimum atomic E-state index is 0.0864. The van der Waals surface area contributed by atoms with Gasteiger partial charge in [-0.25, -0.2) is 0 Å². The number of hydrogen-bond acceptors (Lipinski definition) is 2. The molecule has 0 aliphatic rings. The molecule has 0 N–H and O–H groups in total. The summed E-state index contributed by atoms with van der Waals surface area (Å²) in [7, 11) is 1.64. The van der Waals surface area contributed by atoms with Gasteiger partial charge in [-0.2, -0.15) is 0 Å². The number of rotatable bonds is 6. The number of Topliss-reactive ketones (excluding diaryl/α,β-unsaturated/α-hetero) is 1. The largest absolute Gasteiger partial charge is 0.496 e. The maximum atomic E-state index is 13.0. The molecule has 25 heavy (non-hydrogen) atoms. The van der Waals surface area contributed by atoms with E-state index in [0.29, 0.717) is 12.0 Å². The van der Waals surface area contributed by atoms with Crippen molar-refractivity contribution in [3.8, 4) is 5.75 Å². The van der Waals surface area contributed by atoms with E-state index in [1.807, 2.05) is 91.0 Å². The van der Waals surface area contributed by atoms with Crippen LogP contribution >= 0.6 is 0 Å². The fourth-order valence-electron chi connectivity index (χ4n) is 2.76. The molecule has 0 spiro atoms. The first-order chi connectivity index (χ1) is 12.3. The number of ether oxygens (including phenoxy) is 1. The fourth-order valence-corrected chi connectivity index (χ4v) is 2.76. The van der Waals surface area contributed by atoms with E-state index in [1.54, 1.807) is 7.11 Å². The van der Waals surface area contributed by atoms with Crippen molar-refractivity contribution < 1.29 is 9.53 Å². The summed E-state index contributed by atoms with van der Waals surface area (Å²) in [6.45, 7) is 0. The highest BCUT2D eigenvalue weighted by molar-refractivity contribution is 6.26. The van der Waals surface area contributed by atoms with Crippen molar-refractivity contribution in [1.82, 2.24) is 0 Å². The molecule has 0 heterocycles. The molecular weight excluding hydrogens is 308 g/mol. The quantitative estimate of drug-likeness (QED) is 0.468. The molecule has 124 valence electrons. The Balaban J connectivity index is 2.01. The molecule has 0 fully saturated rings. The standard InChI is InChI=1S/C23H20O2/c1-25-23-15-9-8-14-20(23)17-21(19-12-6-3-7-13-19)22(24)16-18-10-4-2-5-11-18/h2-15,17H,16H2,1H3/b21-17+. The maximum absolute atomic E-state index is 13.0. The van der Waals surface area contributed by atoms with Crippen LogP contribution in [-0.2, 0) is 11.2 Å². The normalized spacial score (nSPS) is 11.2. The van der Waals surface area contributed by atoms with Crippen LogP contribution in [0.2, 0.25) is 0 Å². The third-order valence-electron chi connectivity index (χ3n) is 4.03. The lowest BCUT2D eigenvalue weighted by Crippen LogP contribution is -2.06. The Morgan fingerprint density at radius 1 is 0.840 bits per heavy atom. The second kappa shape index (κ2) is 8.11. The molecule has 0 atom stereocenters. The lowest BCUT2D eigenvalue weighted by atomic mass is 9.95. The summed E-state index contributed by atoms with van der Waals surface area (Å²) >= 11 is 0. The Morgan fingerprint density at radius 2 is 1.44 bits per heavy atom. The first kappa shape index (κ1) is 16.7. The molecule has 0 saturated heterocycles. The highest BCUT2D eigenvalue weighted by Gasteiger charge is 2.14. The van der Waals surface area contributed by atoms with Crippen molar-refractivity contribution in [3.05, 3.63) is 102 Å². The number of methoxy groups -OCH3 is 1. The SMILES string of the molecule is COc1ccccc1/C=C(/C(=O)Cc1ccccc1)c1ccccc1. The van der Waals surface area contributed by atoms with Gasteiger partial charge in [-0.3, -0.25) is 4.79 Å². The van der Waals surface area contributed by atoms with Gasteiger partial charge in [-0.1, -0.05) is 78.9 Å². The van der Waals surface area contributed by atoms with Crippen LogP contribution in [0, 0.1) is 0 Å². The van der Waals surface area contributed by atoms with Crippen molar-refractivity contribution >= 4 is 17.4 Å². The zero-order valence-corrected chi connectivity index (χ0v) is 14.2. The number of carbonyl (C=O) groups excluding carboxylic acids is 1. The third-order valence-corrected chi connectivity index (χ3v) is 4.03. The molecule has 3 aromatic carbocycles. The van der Waals surface area contributed by atoms with Gasteiger partial charge in [0.25, 0.3) is 0 Å². The Labute approximate surface area is 148 Å². The highest BCUT2D eigenvalue weighted by atomic mass is 16.5. The predicted molar refractivity (Wildman–Crippen MR) is 102 cm³/mol. The van der Waals surface area contributed by atoms with Gasteiger partial charge in [0, 0.05) is 17.6 Å². The molecule has 0 saturated carbocycles. The van der Waals surface area contributed by atoms with E-state index in [2.05, 4.69) is 0 Å². The molecule has 2 nitrogen and oxygen atoms in total. The Morgan fingerprint density at radius 3 is 2.12 bits per heavy atom. The van der Waals surface area contributed by atoms with Crippen LogP contribution in [0.5, 0.6) is 5.75 Å². The number of hydrogen-bond donors (Lipinski definition) is 0. The number of allylic oxidation sites excluding steroid dienone is 1. The average Bonchev–Trinajstić information content (AvgIpc) is 2.67. The van der Waals surface area contributed by atoms with Gasteiger partial charge in [0.05, 0.1) is 7.11 Å². The predicted octanol–water partition coefficient (Wildman–Crippen LogP) is 5.05. The van der Waals surface area contributed by atoms with Gasteiger partial charge in [0.2, 0.25) is 0 Å². The van der Waals surface area contributed by atoms with Gasteiger partial charge >= 0.3 is 0 Å². The van der Waals surface area contributed by atoms with Gasteiger partial charge in [0.1, 0.15) is 5.75 Å². The monoisotopic (exact) mass is 328 g/mol. The van der Waals surface area contributed by atoms with Gasteiger partial charge < -0.3 is 4.74 Å². The summed E-state index contributed by atoms with van der Waals surface area (Å²) in [5.74, 6) is 0.840. The number of benzene rings is 3. The number of carbonyl (C=O) groups is 1. The van der Waals surface area contributed by atoms with Gasteiger partial charge in [0.15, 0.2) is 5.78 Å². The Bertz CT molecular complexity index is 865. The summed E-state index contributed by atoms with van der Waals surface area (Å²) < 4.78 is 5.42. The first-order valence-electron chi connectivity index (χ1n) is 8.25. The number of ketones is 1. The van der Waals surface area contributed by atoms with Crippen LogP contribution in [0.3, 0.4) is 0 Å². The van der Waals surface area contributed by atoms with E-state index in [0.717, 1.165) is 22.4 Å². The van der Waals surface area contributed by atoms with Crippen LogP contribution in [0.25, 0.3) is 11.6 Å². The molecule has 3 rings (SSSR count). The van der Waals surface area contributed by atoms with Crippen molar-refractivity contribution in [3.63, 3.8) is 0 Å². The second-order valence-electron chi connectivity index (χ2n) is 5.75. The Kier molecular flexibility index (Phi) is 5.43. The van der Waals surface area contributed by atoms with E-state index >= 15 is 0 Å². The van der Waals surface area contributed by atoms with Crippen molar-refractivity contribution in [2.24, 2.45) is 0 Å². The van der Waals surface area contributed by atoms with Crippen LogP contribution in [0.15, 0.2) is 84.9 Å². The van der Waals surface area contributed by atoms with Crippen LogP contribution in [0.4, 0.5) is 0 Å². The summed E-state index contributed by atoms with van der Waals surface area (Å²) in [5.41, 5.74) is 3.50. The molecule has 0 aliphatic heterocycles. The van der Waals surface area contributed by atoms with E-state index in [1.165, 1.54) is 0 Å². The van der Waals surface area contributed by atoms with E-state index < -0.39 is 0 Å². The average molecular weight is 328 g/mol. The van der Waals surface area contributed by atoms with E-state index in [-0.39, 0.29) is 5.78 Å². The summed E-state index contributed by atoms with van der Waals surface area (Å²) in [6, 6.07) is 27.3. The second-order valence-corrected chi connectivity index (χ2v) is 5.75. The third kappa shape index (κ3) is 4.24. The summed E-state index contributed by atoms with van der Waals surface area (Å²) in [5, 5.41) is 0. The first-order valence-corrected chi connectivity index (χ1v) is 8.25. The van der Waals surface area contributed by atoms with Gasteiger partial charge in [-0.05, 0) is 23.3 Å². The topological polar surface area (TPSA) is 26.3 Å². The minimum Gasteiger partial charge on any atom is -0.496 e. The van der Waals surface area contributed by atoms with Crippen LogP contribution in [-0.4, -0.2) is 12.9 Å². The molecule has 2 heteroatoms. The smallest absolute Gasteiger partial charge is 0.167 e. The molecule has 0 aliphatic carbocycles. The molecule has 0 amide bonds. The van der Waals surface area contributed by atoms with Crippen molar-refractivity contribution in [2.75, 3.05) is 7.11 Å². The van der Waals surface area contributed by atoms with Crippen LogP contribution in [0.1, 0.15) is 16.7 Å². The molecular formula is C23H20O2. The fraction of sp³-hybridized carbons (Fsp3) is 0.0870. The molecule has 3 aromatic rings. The summed E-state index contributed by atoms with van der Waals surface area (Å²) in [4.78, 5) is 13.0. The van der Waals surface area contributed by atoms with E-state index in [4.69, 9.17) is 4.74 Å². The molecule has 0 radical (unpaired) electrons. The maximum Gasteiger partial charge on any atom is 0.167 e. The number of para-hydroxylation sites is 1. The van der Waals surface area contributed by atoms with E-state index in [9.17, 15) is 4.79 Å². The molecule has 0 unspecified atom stereocenters. The molecule has 0 bridgehead atoms. The highest BCUT2D eigenvalue weighted by Crippen LogP contribution is 2.26. The zero-order valence-electron chi connectivity index (χ0n) is 14.2.